The molecule has 17 heavy (non-hydrogen) atoms. The normalized spacial score (nSPS) is 14.6. The number of hydrogen-bond acceptors (Lipinski definition) is 4. The van der Waals surface area contributed by atoms with E-state index in [1.807, 2.05) is 0 Å². The summed E-state index contributed by atoms with van der Waals surface area (Å²) in [7, 11) is 2.93. The van der Waals surface area contributed by atoms with Crippen molar-refractivity contribution in [3.05, 3.63) is 35.4 Å². The number of amides is 2. The molecule has 1 aromatic rings. The molecule has 0 saturated carbocycles. The summed E-state index contributed by atoms with van der Waals surface area (Å²) in [5, 5.41) is 0. The Morgan fingerprint density at radius 1 is 1.06 bits per heavy atom. The highest BCUT2D eigenvalue weighted by atomic mass is 16.7. The molecule has 5 nitrogen and oxygen atoms in total. The van der Waals surface area contributed by atoms with Gasteiger partial charge < -0.3 is 9.47 Å². The van der Waals surface area contributed by atoms with E-state index in [2.05, 4.69) is 0 Å². The smallest absolute Gasteiger partial charge is 0.261 e. The van der Waals surface area contributed by atoms with Crippen LogP contribution in [0, 0.1) is 0 Å². The van der Waals surface area contributed by atoms with Crippen molar-refractivity contribution in [2.24, 2.45) is 0 Å². The maximum Gasteiger partial charge on any atom is 0.261 e. The zero-order chi connectivity index (χ0) is 12.4. The second-order valence-electron chi connectivity index (χ2n) is 3.67. The van der Waals surface area contributed by atoms with Gasteiger partial charge in [0.25, 0.3) is 11.8 Å². The van der Waals surface area contributed by atoms with E-state index >= 15 is 0 Å². The van der Waals surface area contributed by atoms with Crippen molar-refractivity contribution in [3.8, 4) is 0 Å². The van der Waals surface area contributed by atoms with Crippen molar-refractivity contribution in [2.45, 2.75) is 6.29 Å². The van der Waals surface area contributed by atoms with Crippen LogP contribution >= 0.6 is 0 Å². The minimum Gasteiger partial charge on any atom is -0.354 e. The number of hydrogen-bond donors (Lipinski definition) is 0. The molecule has 2 amide bonds. The summed E-state index contributed by atoms with van der Waals surface area (Å²) in [6, 6.07) is 6.75. The summed E-state index contributed by atoms with van der Waals surface area (Å²) >= 11 is 0. The first-order valence-corrected chi connectivity index (χ1v) is 5.20. The molecule has 0 radical (unpaired) electrons. The lowest BCUT2D eigenvalue weighted by Crippen LogP contribution is -2.38. The number of carbonyl (C=O) groups excluding carboxylic acids is 2. The molecule has 1 heterocycles. The molecule has 0 fully saturated rings. The van der Waals surface area contributed by atoms with Crippen molar-refractivity contribution in [1.29, 1.82) is 0 Å². The molecule has 1 aromatic carbocycles. The fraction of sp³-hybridized carbons (Fsp3) is 0.333. The zero-order valence-corrected chi connectivity index (χ0v) is 9.67. The molecule has 0 aliphatic carbocycles. The predicted molar refractivity (Wildman–Crippen MR) is 59.6 cm³/mol. The van der Waals surface area contributed by atoms with Gasteiger partial charge >= 0.3 is 0 Å². The van der Waals surface area contributed by atoms with Crippen LogP contribution in [-0.4, -0.2) is 43.8 Å². The minimum absolute atomic E-state index is 0.0966. The SMILES string of the molecule is COC(CN1C(=O)c2ccccc2C1=O)OC. The summed E-state index contributed by atoms with van der Waals surface area (Å²) in [6.45, 7) is 0.0966. The number of carbonyl (C=O) groups is 2. The molecule has 2 rings (SSSR count). The number of ether oxygens (including phenoxy) is 2. The van der Waals surface area contributed by atoms with Crippen LogP contribution in [0.25, 0.3) is 0 Å². The highest BCUT2D eigenvalue weighted by molar-refractivity contribution is 6.21. The van der Waals surface area contributed by atoms with Crippen molar-refractivity contribution in [1.82, 2.24) is 4.90 Å². The molecule has 1 aliphatic heterocycles. The van der Waals surface area contributed by atoms with Crippen LogP contribution in [0.15, 0.2) is 24.3 Å². The van der Waals surface area contributed by atoms with Crippen LogP contribution in [-0.2, 0) is 9.47 Å². The number of benzene rings is 1. The van der Waals surface area contributed by atoms with E-state index in [0.29, 0.717) is 11.1 Å². The second-order valence-corrected chi connectivity index (χ2v) is 3.67. The van der Waals surface area contributed by atoms with Crippen molar-refractivity contribution < 1.29 is 19.1 Å². The Morgan fingerprint density at radius 2 is 1.53 bits per heavy atom. The van der Waals surface area contributed by atoms with Gasteiger partial charge in [0.2, 0.25) is 0 Å². The van der Waals surface area contributed by atoms with Gasteiger partial charge in [-0.3, -0.25) is 14.5 Å². The van der Waals surface area contributed by atoms with Crippen LogP contribution in [0.1, 0.15) is 20.7 Å². The van der Waals surface area contributed by atoms with E-state index in [-0.39, 0.29) is 18.4 Å². The van der Waals surface area contributed by atoms with Gasteiger partial charge in [-0.05, 0) is 12.1 Å². The Labute approximate surface area is 98.9 Å². The Hall–Kier alpha value is -1.72. The van der Waals surface area contributed by atoms with Crippen LogP contribution in [0.2, 0.25) is 0 Å². The third kappa shape index (κ3) is 1.94. The van der Waals surface area contributed by atoms with Crippen molar-refractivity contribution in [2.75, 3.05) is 20.8 Å². The van der Waals surface area contributed by atoms with Gasteiger partial charge in [0, 0.05) is 14.2 Å². The minimum atomic E-state index is -0.600. The van der Waals surface area contributed by atoms with E-state index in [0.717, 1.165) is 4.90 Å². The van der Waals surface area contributed by atoms with Crippen LogP contribution in [0.4, 0.5) is 0 Å². The number of imide groups is 1. The molecule has 1 aliphatic rings. The second kappa shape index (κ2) is 4.65. The van der Waals surface area contributed by atoms with Gasteiger partial charge in [0.1, 0.15) is 0 Å². The highest BCUT2D eigenvalue weighted by Gasteiger charge is 2.36. The molecule has 0 saturated heterocycles. The quantitative estimate of drug-likeness (QED) is 0.574. The molecule has 0 atom stereocenters. The predicted octanol–water partition coefficient (Wildman–Crippen LogP) is 0.902. The van der Waals surface area contributed by atoms with E-state index in [1.54, 1.807) is 24.3 Å². The molecule has 0 unspecified atom stereocenters. The Morgan fingerprint density at radius 3 is 1.94 bits per heavy atom. The maximum atomic E-state index is 12.0. The largest absolute Gasteiger partial charge is 0.354 e. The molecule has 0 spiro atoms. The lowest BCUT2D eigenvalue weighted by molar-refractivity contribution is -0.108. The van der Waals surface area contributed by atoms with Crippen LogP contribution in [0.5, 0.6) is 0 Å². The number of methoxy groups -OCH3 is 2. The average Bonchev–Trinajstić information content (AvgIpc) is 2.61. The molecule has 0 N–H and O–H groups in total. The summed E-state index contributed by atoms with van der Waals surface area (Å²) in [4.78, 5) is 25.1. The Bertz CT molecular complexity index is 419. The van der Waals surface area contributed by atoms with Gasteiger partial charge in [-0.1, -0.05) is 12.1 Å². The van der Waals surface area contributed by atoms with Gasteiger partial charge in [-0.2, -0.15) is 0 Å². The lowest BCUT2D eigenvalue weighted by Gasteiger charge is -2.19. The van der Waals surface area contributed by atoms with E-state index < -0.39 is 6.29 Å². The number of fused-ring (bicyclic) bond motifs is 1. The Balaban J connectivity index is 2.24. The van der Waals surface area contributed by atoms with E-state index in [9.17, 15) is 9.59 Å². The van der Waals surface area contributed by atoms with Crippen LogP contribution in [0.3, 0.4) is 0 Å². The van der Waals surface area contributed by atoms with Crippen molar-refractivity contribution in [3.63, 3.8) is 0 Å². The molecule has 0 aromatic heterocycles. The molecule has 0 bridgehead atoms. The first-order valence-electron chi connectivity index (χ1n) is 5.20. The van der Waals surface area contributed by atoms with Gasteiger partial charge in [-0.25, -0.2) is 0 Å². The summed E-state index contributed by atoms with van der Waals surface area (Å²) in [5.41, 5.74) is 0.868. The number of rotatable bonds is 4. The lowest BCUT2D eigenvalue weighted by atomic mass is 10.1. The average molecular weight is 235 g/mol. The maximum absolute atomic E-state index is 12.0. The molecule has 5 heteroatoms. The Kier molecular flexibility index (Phi) is 3.21. The van der Waals surface area contributed by atoms with Crippen LogP contribution < -0.4 is 0 Å². The zero-order valence-electron chi connectivity index (χ0n) is 9.67. The van der Waals surface area contributed by atoms with Gasteiger partial charge in [-0.15, -0.1) is 0 Å². The monoisotopic (exact) mass is 235 g/mol. The standard InChI is InChI=1S/C12H13NO4/c1-16-10(17-2)7-13-11(14)8-5-3-4-6-9(8)12(13)15/h3-6,10H,7H2,1-2H3. The summed E-state index contributed by atoms with van der Waals surface area (Å²) in [5.74, 6) is -0.602. The summed E-state index contributed by atoms with van der Waals surface area (Å²) < 4.78 is 9.98. The highest BCUT2D eigenvalue weighted by Crippen LogP contribution is 2.22. The fourth-order valence-corrected chi connectivity index (χ4v) is 1.80. The first-order chi connectivity index (χ1) is 8.19. The fourth-order valence-electron chi connectivity index (χ4n) is 1.80. The molecular weight excluding hydrogens is 222 g/mol. The molecule has 90 valence electrons. The molecular formula is C12H13NO4. The summed E-state index contributed by atoms with van der Waals surface area (Å²) in [6.07, 6.45) is -0.600. The topological polar surface area (TPSA) is 55.8 Å². The van der Waals surface area contributed by atoms with E-state index in [1.165, 1.54) is 14.2 Å². The number of nitrogens with zero attached hydrogens (tertiary/aromatic N) is 1. The van der Waals surface area contributed by atoms with Crippen molar-refractivity contribution >= 4 is 11.8 Å². The van der Waals surface area contributed by atoms with Gasteiger partial charge in [0.15, 0.2) is 6.29 Å². The first kappa shape index (κ1) is 11.8. The third-order valence-electron chi connectivity index (χ3n) is 2.74. The van der Waals surface area contributed by atoms with Gasteiger partial charge in [0.05, 0.1) is 17.7 Å². The van der Waals surface area contributed by atoms with E-state index in [4.69, 9.17) is 9.47 Å². The third-order valence-corrected chi connectivity index (χ3v) is 2.74.